The molecule has 4 N–H and O–H groups in total. The van der Waals surface area contributed by atoms with E-state index in [1.54, 1.807) is 0 Å². The van der Waals surface area contributed by atoms with Crippen molar-refractivity contribution in [3.63, 3.8) is 0 Å². The van der Waals surface area contributed by atoms with Gasteiger partial charge < -0.3 is 20.6 Å². The van der Waals surface area contributed by atoms with E-state index in [2.05, 4.69) is 68.1 Å². The summed E-state index contributed by atoms with van der Waals surface area (Å²) in [6, 6.07) is 17.0. The molecule has 9 rings (SSSR count). The Balaban J connectivity index is 0.924. The zero-order chi connectivity index (χ0) is 26.2. The van der Waals surface area contributed by atoms with Gasteiger partial charge in [0.15, 0.2) is 0 Å². The highest BCUT2D eigenvalue weighted by atomic mass is 15.1. The third kappa shape index (κ3) is 3.73. The normalized spacial score (nSPS) is 28.7. The molecule has 2 aromatic carbocycles. The molecule has 4 fully saturated rings. The largest absolute Gasteiger partial charge is 0.341 e. The fraction of sp³-hybridized carbons (Fsp3) is 0.375. The lowest BCUT2D eigenvalue weighted by atomic mass is 9.80. The molecule has 4 aliphatic rings. The second-order valence-electron chi connectivity index (χ2n) is 12.2. The summed E-state index contributed by atoms with van der Waals surface area (Å²) in [5, 5.41) is 7.45. The summed E-state index contributed by atoms with van der Waals surface area (Å²) in [4.78, 5) is 26.1. The van der Waals surface area contributed by atoms with Gasteiger partial charge in [0.1, 0.15) is 17.3 Å². The van der Waals surface area contributed by atoms with E-state index in [9.17, 15) is 0 Å². The summed E-state index contributed by atoms with van der Waals surface area (Å²) >= 11 is 0. The summed E-state index contributed by atoms with van der Waals surface area (Å²) in [5.74, 6) is 3.73. The zero-order valence-electron chi connectivity index (χ0n) is 22.3. The Morgan fingerprint density at radius 3 is 1.82 bits per heavy atom. The smallest absolute Gasteiger partial charge is 0.123 e. The van der Waals surface area contributed by atoms with Gasteiger partial charge in [-0.25, -0.2) is 15.0 Å². The van der Waals surface area contributed by atoms with E-state index in [1.165, 1.54) is 38.5 Å². The standard InChI is InChI=1S/C32H32N8/c1-3-18(28-14-34-31(39-28)26-12-20-6-8-22(20)36-26)4-2-17(1)19-5-10-24-25(11-19)33-15-29(38-24)30-16-35-32(40-30)27-13-21-7-9-23(21)37-27/h1-5,10-11,14-16,20-23,26-27,36-37H,6-9,12-13H2,(H,34,39)(H,35,40)/t20-,21-,22-,23-,26+,27+/m1/s1. The van der Waals surface area contributed by atoms with E-state index in [0.717, 1.165) is 68.3 Å². The average molecular weight is 529 g/mol. The number of hydrogen-bond donors (Lipinski definition) is 4. The minimum absolute atomic E-state index is 0.323. The van der Waals surface area contributed by atoms with Crippen LogP contribution in [0.4, 0.5) is 0 Å². The number of rotatable bonds is 5. The van der Waals surface area contributed by atoms with Crippen LogP contribution >= 0.6 is 0 Å². The molecule has 2 aliphatic carbocycles. The van der Waals surface area contributed by atoms with Gasteiger partial charge in [-0.05, 0) is 79.2 Å². The number of aromatic nitrogens is 6. The summed E-state index contributed by atoms with van der Waals surface area (Å²) in [7, 11) is 0. The molecule has 0 amide bonds. The van der Waals surface area contributed by atoms with Gasteiger partial charge in [0.2, 0.25) is 0 Å². The summed E-state index contributed by atoms with van der Waals surface area (Å²) in [6.07, 6.45) is 13.4. The van der Waals surface area contributed by atoms with Gasteiger partial charge >= 0.3 is 0 Å². The molecule has 8 nitrogen and oxygen atoms in total. The minimum Gasteiger partial charge on any atom is -0.341 e. The fourth-order valence-electron chi connectivity index (χ4n) is 7.25. The first-order chi connectivity index (χ1) is 19.7. The molecular weight excluding hydrogens is 496 g/mol. The fourth-order valence-corrected chi connectivity index (χ4v) is 7.25. The molecular formula is C32H32N8. The van der Waals surface area contributed by atoms with E-state index in [-0.39, 0.29) is 0 Å². The molecule has 0 spiro atoms. The van der Waals surface area contributed by atoms with Crippen LogP contribution in [0.25, 0.3) is 44.8 Å². The number of imidazole rings is 2. The predicted octanol–water partition coefficient (Wildman–Crippen LogP) is 5.70. The number of hydrogen-bond acceptors (Lipinski definition) is 6. The lowest BCUT2D eigenvalue weighted by molar-refractivity contribution is 0.276. The summed E-state index contributed by atoms with van der Waals surface area (Å²) in [5.41, 5.74) is 8.00. The van der Waals surface area contributed by atoms with Gasteiger partial charge in [0.25, 0.3) is 0 Å². The van der Waals surface area contributed by atoms with Crippen LogP contribution in [0.3, 0.4) is 0 Å². The molecule has 3 aromatic heterocycles. The molecule has 0 radical (unpaired) electrons. The molecule has 40 heavy (non-hydrogen) atoms. The third-order valence-electron chi connectivity index (χ3n) is 9.94. The topological polar surface area (TPSA) is 107 Å². The molecule has 2 saturated heterocycles. The second kappa shape index (κ2) is 8.81. The molecule has 5 heterocycles. The third-order valence-corrected chi connectivity index (χ3v) is 9.94. The summed E-state index contributed by atoms with van der Waals surface area (Å²) < 4.78 is 0. The average Bonchev–Trinajstić information content (AvgIpc) is 3.76. The number of H-pyrrole nitrogens is 2. The van der Waals surface area contributed by atoms with Crippen molar-refractivity contribution < 1.29 is 0 Å². The quantitative estimate of drug-likeness (QED) is 0.233. The Hall–Kier alpha value is -3.88. The van der Waals surface area contributed by atoms with Crippen molar-refractivity contribution in [2.45, 2.75) is 62.7 Å². The van der Waals surface area contributed by atoms with Crippen molar-refractivity contribution in [1.82, 2.24) is 40.5 Å². The molecule has 2 aliphatic heterocycles. The Bertz CT molecular complexity index is 1690. The maximum absolute atomic E-state index is 4.89. The van der Waals surface area contributed by atoms with Crippen LogP contribution in [0.2, 0.25) is 0 Å². The van der Waals surface area contributed by atoms with Crippen LogP contribution in [0.5, 0.6) is 0 Å². The van der Waals surface area contributed by atoms with Gasteiger partial charge in [-0.1, -0.05) is 30.3 Å². The first kappa shape index (κ1) is 22.9. The maximum atomic E-state index is 4.89. The lowest BCUT2D eigenvalue weighted by Crippen LogP contribution is -2.35. The van der Waals surface area contributed by atoms with Crippen molar-refractivity contribution in [1.29, 1.82) is 0 Å². The number of nitrogens with one attached hydrogen (secondary N) is 4. The van der Waals surface area contributed by atoms with E-state index in [4.69, 9.17) is 15.0 Å². The van der Waals surface area contributed by atoms with Crippen molar-refractivity contribution in [2.75, 3.05) is 0 Å². The molecule has 2 saturated carbocycles. The second-order valence-corrected chi connectivity index (χ2v) is 12.2. The van der Waals surface area contributed by atoms with Crippen LogP contribution in [0.1, 0.15) is 62.3 Å². The van der Waals surface area contributed by atoms with E-state index >= 15 is 0 Å². The number of benzene rings is 2. The Morgan fingerprint density at radius 2 is 1.20 bits per heavy atom. The van der Waals surface area contributed by atoms with Gasteiger partial charge in [-0.2, -0.15) is 0 Å². The predicted molar refractivity (Wildman–Crippen MR) is 154 cm³/mol. The lowest BCUT2D eigenvalue weighted by Gasteiger charge is -2.29. The van der Waals surface area contributed by atoms with Crippen LogP contribution in [0, 0.1) is 11.8 Å². The van der Waals surface area contributed by atoms with Crippen molar-refractivity contribution in [2.24, 2.45) is 11.8 Å². The Morgan fingerprint density at radius 1 is 0.575 bits per heavy atom. The van der Waals surface area contributed by atoms with Crippen LogP contribution < -0.4 is 10.6 Å². The van der Waals surface area contributed by atoms with Crippen molar-refractivity contribution in [3.05, 3.63) is 72.7 Å². The summed E-state index contributed by atoms with van der Waals surface area (Å²) in [6.45, 7) is 0. The molecule has 0 unspecified atom stereocenters. The molecule has 6 atom stereocenters. The van der Waals surface area contributed by atoms with Crippen molar-refractivity contribution >= 4 is 11.0 Å². The van der Waals surface area contributed by atoms with E-state index in [0.29, 0.717) is 24.2 Å². The number of nitrogens with zero attached hydrogens (tertiary/aromatic N) is 4. The molecule has 8 heteroatoms. The van der Waals surface area contributed by atoms with Gasteiger partial charge in [-0.3, -0.25) is 4.98 Å². The van der Waals surface area contributed by atoms with E-state index in [1.807, 2.05) is 18.6 Å². The van der Waals surface area contributed by atoms with E-state index < -0.39 is 0 Å². The monoisotopic (exact) mass is 528 g/mol. The van der Waals surface area contributed by atoms with Crippen molar-refractivity contribution in [3.8, 4) is 33.8 Å². The highest BCUT2D eigenvalue weighted by molar-refractivity contribution is 5.83. The zero-order valence-corrected chi connectivity index (χ0v) is 22.3. The van der Waals surface area contributed by atoms with Gasteiger partial charge in [-0.15, -0.1) is 0 Å². The SMILES string of the molecule is c1cc(-c2cnc([C@@H]3C[C@H]4CC[C@H]4N3)[nH]2)ccc1-c1ccc2nc(-c3cnc([C@@H]4C[C@H]5CC[C@H]5N4)[nH]3)cnc2c1. The molecule has 200 valence electrons. The first-order valence-electron chi connectivity index (χ1n) is 14.7. The van der Waals surface area contributed by atoms with Crippen LogP contribution in [-0.2, 0) is 0 Å². The minimum atomic E-state index is 0.323. The van der Waals surface area contributed by atoms with Gasteiger partial charge in [0, 0.05) is 12.1 Å². The molecule has 5 aromatic rings. The highest BCUT2D eigenvalue weighted by Gasteiger charge is 2.42. The maximum Gasteiger partial charge on any atom is 0.123 e. The van der Waals surface area contributed by atoms with Crippen LogP contribution in [0.15, 0.2) is 61.1 Å². The van der Waals surface area contributed by atoms with Crippen LogP contribution in [-0.4, -0.2) is 42.0 Å². The first-order valence-corrected chi connectivity index (χ1v) is 14.7. The number of aromatic amines is 2. The Labute approximate surface area is 232 Å². The highest BCUT2D eigenvalue weighted by Crippen LogP contribution is 2.43. The number of fused-ring (bicyclic) bond motifs is 3. The Kier molecular flexibility index (Phi) is 5.04. The van der Waals surface area contributed by atoms with Gasteiger partial charge in [0.05, 0.1) is 53.1 Å². The molecule has 0 bridgehead atoms.